The third-order valence-corrected chi connectivity index (χ3v) is 3.21. The van der Waals surface area contributed by atoms with Gasteiger partial charge in [-0.2, -0.15) is 0 Å². The van der Waals surface area contributed by atoms with Gasteiger partial charge in [-0.3, -0.25) is 4.98 Å². The van der Waals surface area contributed by atoms with Crippen LogP contribution in [0.15, 0.2) is 48.8 Å². The zero-order valence-corrected chi connectivity index (χ0v) is 11.5. The first kappa shape index (κ1) is 14.6. The van der Waals surface area contributed by atoms with Crippen LogP contribution in [0.2, 0.25) is 0 Å². The van der Waals surface area contributed by atoms with Crippen LogP contribution in [-0.4, -0.2) is 28.6 Å². The van der Waals surface area contributed by atoms with Crippen LogP contribution < -0.4 is 0 Å². The molecular formula is C16H19FN2O. The summed E-state index contributed by atoms with van der Waals surface area (Å²) in [5, 5.41) is 10.1. The lowest BCUT2D eigenvalue weighted by atomic mass is 10.1. The van der Waals surface area contributed by atoms with E-state index in [1.807, 2.05) is 25.4 Å². The number of benzene rings is 1. The van der Waals surface area contributed by atoms with Crippen molar-refractivity contribution >= 4 is 0 Å². The first-order valence-electron chi connectivity index (χ1n) is 6.66. The second-order valence-electron chi connectivity index (χ2n) is 4.96. The first-order valence-corrected chi connectivity index (χ1v) is 6.66. The Kier molecular flexibility index (Phi) is 5.21. The summed E-state index contributed by atoms with van der Waals surface area (Å²) in [7, 11) is 2.00. The average molecular weight is 274 g/mol. The first-order chi connectivity index (χ1) is 9.65. The standard InChI is InChI=1S/C16H19FN2O/c1-19(12-13-3-2-9-18-11-13)10-8-16(20)14-4-6-15(17)7-5-14/h2-7,9,11,16,20H,8,10,12H2,1H3. The maximum absolute atomic E-state index is 12.8. The van der Waals surface area contributed by atoms with Gasteiger partial charge in [0.25, 0.3) is 0 Å². The van der Waals surface area contributed by atoms with Gasteiger partial charge in [-0.05, 0) is 42.8 Å². The molecule has 1 N–H and O–H groups in total. The molecule has 1 heterocycles. The van der Waals surface area contributed by atoms with Crippen LogP contribution >= 0.6 is 0 Å². The number of hydrogen-bond acceptors (Lipinski definition) is 3. The smallest absolute Gasteiger partial charge is 0.123 e. The Labute approximate surface area is 118 Å². The van der Waals surface area contributed by atoms with Crippen molar-refractivity contribution in [2.45, 2.75) is 19.1 Å². The molecule has 0 radical (unpaired) electrons. The molecule has 0 fully saturated rings. The van der Waals surface area contributed by atoms with E-state index in [0.29, 0.717) is 6.42 Å². The number of nitrogens with zero attached hydrogens (tertiary/aromatic N) is 2. The van der Waals surface area contributed by atoms with E-state index in [1.54, 1.807) is 18.3 Å². The molecule has 1 unspecified atom stereocenters. The van der Waals surface area contributed by atoms with Gasteiger partial charge in [-0.15, -0.1) is 0 Å². The van der Waals surface area contributed by atoms with Crippen molar-refractivity contribution in [3.05, 3.63) is 65.7 Å². The summed E-state index contributed by atoms with van der Waals surface area (Å²) >= 11 is 0. The van der Waals surface area contributed by atoms with Gasteiger partial charge in [0, 0.05) is 25.5 Å². The van der Waals surface area contributed by atoms with Crippen molar-refractivity contribution in [3.63, 3.8) is 0 Å². The molecule has 0 saturated carbocycles. The van der Waals surface area contributed by atoms with E-state index in [-0.39, 0.29) is 5.82 Å². The number of rotatable bonds is 6. The maximum Gasteiger partial charge on any atom is 0.123 e. The highest BCUT2D eigenvalue weighted by Crippen LogP contribution is 2.17. The van der Waals surface area contributed by atoms with Gasteiger partial charge in [0.05, 0.1) is 6.10 Å². The molecule has 0 bridgehead atoms. The van der Waals surface area contributed by atoms with Gasteiger partial charge in [0.15, 0.2) is 0 Å². The van der Waals surface area contributed by atoms with Crippen LogP contribution in [0.5, 0.6) is 0 Å². The Hall–Kier alpha value is -1.78. The van der Waals surface area contributed by atoms with E-state index < -0.39 is 6.10 Å². The van der Waals surface area contributed by atoms with Gasteiger partial charge in [-0.25, -0.2) is 4.39 Å². The van der Waals surface area contributed by atoms with Crippen LogP contribution in [0.1, 0.15) is 23.7 Å². The Morgan fingerprint density at radius 3 is 2.65 bits per heavy atom. The van der Waals surface area contributed by atoms with Gasteiger partial charge in [0.2, 0.25) is 0 Å². The summed E-state index contributed by atoms with van der Waals surface area (Å²) in [6.07, 6.45) is 3.64. The molecule has 106 valence electrons. The van der Waals surface area contributed by atoms with Gasteiger partial charge >= 0.3 is 0 Å². The Balaban J connectivity index is 1.81. The van der Waals surface area contributed by atoms with Crippen LogP contribution in [0.3, 0.4) is 0 Å². The fourth-order valence-electron chi connectivity index (χ4n) is 2.08. The Morgan fingerprint density at radius 1 is 1.25 bits per heavy atom. The fourth-order valence-corrected chi connectivity index (χ4v) is 2.08. The van der Waals surface area contributed by atoms with Crippen molar-refractivity contribution < 1.29 is 9.50 Å². The molecule has 0 aliphatic carbocycles. The second-order valence-corrected chi connectivity index (χ2v) is 4.96. The third kappa shape index (κ3) is 4.40. The highest BCUT2D eigenvalue weighted by molar-refractivity contribution is 5.18. The zero-order chi connectivity index (χ0) is 14.4. The van der Waals surface area contributed by atoms with E-state index >= 15 is 0 Å². The molecule has 0 amide bonds. The maximum atomic E-state index is 12.8. The summed E-state index contributed by atoms with van der Waals surface area (Å²) in [5.74, 6) is -0.283. The SMILES string of the molecule is CN(CCC(O)c1ccc(F)cc1)Cc1cccnc1. The summed E-state index contributed by atoms with van der Waals surface area (Å²) in [5.41, 5.74) is 1.90. The fraction of sp³-hybridized carbons (Fsp3) is 0.312. The minimum absolute atomic E-state index is 0.283. The van der Waals surface area contributed by atoms with Crippen molar-refractivity contribution in [1.82, 2.24) is 9.88 Å². The molecule has 4 heteroatoms. The van der Waals surface area contributed by atoms with Crippen LogP contribution in [-0.2, 0) is 6.54 Å². The summed E-state index contributed by atoms with van der Waals surface area (Å²) < 4.78 is 12.8. The predicted molar refractivity (Wildman–Crippen MR) is 76.5 cm³/mol. The minimum atomic E-state index is -0.563. The number of hydrogen-bond donors (Lipinski definition) is 1. The number of halogens is 1. The number of aromatic nitrogens is 1. The Morgan fingerprint density at radius 2 is 2.00 bits per heavy atom. The quantitative estimate of drug-likeness (QED) is 0.880. The van der Waals surface area contributed by atoms with E-state index in [9.17, 15) is 9.50 Å². The lowest BCUT2D eigenvalue weighted by Gasteiger charge is -2.19. The topological polar surface area (TPSA) is 36.4 Å². The van der Waals surface area contributed by atoms with Crippen molar-refractivity contribution in [2.75, 3.05) is 13.6 Å². The molecule has 0 aliphatic rings. The molecule has 0 saturated heterocycles. The average Bonchev–Trinajstić information content (AvgIpc) is 2.46. The normalized spacial score (nSPS) is 12.6. The summed E-state index contributed by atoms with van der Waals surface area (Å²) in [4.78, 5) is 6.21. The van der Waals surface area contributed by atoms with Crippen LogP contribution in [0.4, 0.5) is 4.39 Å². The molecule has 0 spiro atoms. The number of pyridine rings is 1. The number of aliphatic hydroxyl groups excluding tert-OH is 1. The molecule has 1 atom stereocenters. The van der Waals surface area contributed by atoms with E-state index in [1.165, 1.54) is 12.1 Å². The lowest BCUT2D eigenvalue weighted by molar-refractivity contribution is 0.147. The molecule has 1 aromatic heterocycles. The van der Waals surface area contributed by atoms with Gasteiger partial charge in [0.1, 0.15) is 5.82 Å². The van der Waals surface area contributed by atoms with E-state index in [2.05, 4.69) is 9.88 Å². The highest BCUT2D eigenvalue weighted by atomic mass is 19.1. The number of aliphatic hydroxyl groups is 1. The molecule has 1 aromatic carbocycles. The largest absolute Gasteiger partial charge is 0.388 e. The van der Waals surface area contributed by atoms with E-state index in [4.69, 9.17) is 0 Å². The highest BCUT2D eigenvalue weighted by Gasteiger charge is 2.09. The monoisotopic (exact) mass is 274 g/mol. The Bertz CT molecular complexity index is 516. The predicted octanol–water partition coefficient (Wildman–Crippen LogP) is 2.78. The molecule has 0 aliphatic heterocycles. The molecule has 2 rings (SSSR count). The van der Waals surface area contributed by atoms with Gasteiger partial charge in [-0.1, -0.05) is 18.2 Å². The lowest BCUT2D eigenvalue weighted by Crippen LogP contribution is -2.21. The van der Waals surface area contributed by atoms with Crippen molar-refractivity contribution in [3.8, 4) is 0 Å². The molecule has 2 aromatic rings. The molecular weight excluding hydrogens is 255 g/mol. The van der Waals surface area contributed by atoms with E-state index in [0.717, 1.165) is 24.2 Å². The minimum Gasteiger partial charge on any atom is -0.388 e. The van der Waals surface area contributed by atoms with Crippen molar-refractivity contribution in [2.24, 2.45) is 0 Å². The van der Waals surface area contributed by atoms with Gasteiger partial charge < -0.3 is 10.0 Å². The summed E-state index contributed by atoms with van der Waals surface area (Å²) in [6.45, 7) is 1.55. The molecule has 20 heavy (non-hydrogen) atoms. The zero-order valence-electron chi connectivity index (χ0n) is 11.5. The third-order valence-electron chi connectivity index (χ3n) is 3.21. The molecule has 3 nitrogen and oxygen atoms in total. The van der Waals surface area contributed by atoms with Crippen LogP contribution in [0, 0.1) is 5.82 Å². The van der Waals surface area contributed by atoms with Crippen LogP contribution in [0.25, 0.3) is 0 Å². The van der Waals surface area contributed by atoms with Crippen molar-refractivity contribution in [1.29, 1.82) is 0 Å². The second kappa shape index (κ2) is 7.12. The summed E-state index contributed by atoms with van der Waals surface area (Å²) in [6, 6.07) is 9.94.